The molecule has 0 aliphatic rings. The van der Waals surface area contributed by atoms with Crippen LogP contribution in [-0.4, -0.2) is 33.7 Å². The van der Waals surface area contributed by atoms with Gasteiger partial charge in [0, 0.05) is 23.0 Å². The number of carbonyl (C=O) groups is 2. The van der Waals surface area contributed by atoms with E-state index in [1.807, 2.05) is 38.1 Å². The van der Waals surface area contributed by atoms with Crippen molar-refractivity contribution >= 4 is 35.2 Å². The molecule has 0 saturated heterocycles. The highest BCUT2D eigenvalue weighted by atomic mass is 35.5. The number of hydrogen-bond donors (Lipinski definition) is 1. The van der Waals surface area contributed by atoms with Crippen LogP contribution in [-0.2, 0) is 20.9 Å². The van der Waals surface area contributed by atoms with Gasteiger partial charge in [0.15, 0.2) is 11.3 Å². The first kappa shape index (κ1) is 20.2. The summed E-state index contributed by atoms with van der Waals surface area (Å²) in [7, 11) is 0. The summed E-state index contributed by atoms with van der Waals surface area (Å²) in [4.78, 5) is 32.5. The van der Waals surface area contributed by atoms with Crippen molar-refractivity contribution in [3.8, 4) is 0 Å². The molecule has 1 N–H and O–H groups in total. The van der Waals surface area contributed by atoms with Crippen molar-refractivity contribution in [3.05, 3.63) is 52.3 Å². The molecule has 1 heterocycles. The molecule has 0 radical (unpaired) electrons. The molecular weight excluding hydrogens is 374 g/mol. The fourth-order valence-electron chi connectivity index (χ4n) is 2.13. The lowest BCUT2D eigenvalue weighted by Crippen LogP contribution is -2.35. The van der Waals surface area contributed by atoms with Crippen LogP contribution in [0.1, 0.15) is 23.9 Å². The zero-order valence-electron chi connectivity index (χ0n) is 14.8. The Morgan fingerprint density at radius 1 is 1.23 bits per heavy atom. The fraction of sp³-hybridized carbons (Fsp3) is 0.333. The minimum Gasteiger partial charge on any atom is -0.452 e. The SMILES string of the molecule is Cc1cc(C)nc(SCC(=O)OC(C)C(=O)NCc2ccccc2Cl)n1. The summed E-state index contributed by atoms with van der Waals surface area (Å²) in [5.74, 6) is -0.852. The average molecular weight is 394 g/mol. The van der Waals surface area contributed by atoms with Gasteiger partial charge in [-0.2, -0.15) is 0 Å². The van der Waals surface area contributed by atoms with Crippen LogP contribution in [0.4, 0.5) is 0 Å². The number of esters is 1. The molecule has 8 heteroatoms. The van der Waals surface area contributed by atoms with Gasteiger partial charge in [0.2, 0.25) is 0 Å². The number of aromatic nitrogens is 2. The second-order valence-corrected chi connectivity index (χ2v) is 7.01. The highest BCUT2D eigenvalue weighted by molar-refractivity contribution is 7.99. The Labute approximate surface area is 161 Å². The van der Waals surface area contributed by atoms with Crippen LogP contribution >= 0.6 is 23.4 Å². The Morgan fingerprint density at radius 2 is 1.88 bits per heavy atom. The van der Waals surface area contributed by atoms with Crippen LogP contribution in [0.5, 0.6) is 0 Å². The third-order valence-electron chi connectivity index (χ3n) is 3.37. The molecule has 0 aliphatic heterocycles. The number of amides is 1. The second kappa shape index (κ2) is 9.54. The van der Waals surface area contributed by atoms with Crippen molar-refractivity contribution in [2.45, 2.75) is 38.6 Å². The molecule has 138 valence electrons. The predicted octanol–water partition coefficient (Wildman–Crippen LogP) is 3.09. The summed E-state index contributed by atoms with van der Waals surface area (Å²) < 4.78 is 5.15. The van der Waals surface area contributed by atoms with E-state index in [4.69, 9.17) is 16.3 Å². The van der Waals surface area contributed by atoms with E-state index < -0.39 is 12.1 Å². The Morgan fingerprint density at radius 3 is 2.54 bits per heavy atom. The summed E-state index contributed by atoms with van der Waals surface area (Å²) in [6.07, 6.45) is -0.897. The number of thioether (sulfide) groups is 1. The number of nitrogens with one attached hydrogen (secondary N) is 1. The monoisotopic (exact) mass is 393 g/mol. The quantitative estimate of drug-likeness (QED) is 0.442. The van der Waals surface area contributed by atoms with Crippen LogP contribution < -0.4 is 5.32 Å². The van der Waals surface area contributed by atoms with Crippen LogP contribution in [0.2, 0.25) is 5.02 Å². The number of aryl methyl sites for hydroxylation is 2. The molecule has 1 unspecified atom stereocenters. The van der Waals surface area contributed by atoms with Crippen molar-refractivity contribution in [2.24, 2.45) is 0 Å². The lowest BCUT2D eigenvalue weighted by Gasteiger charge is -2.14. The molecule has 1 amide bonds. The molecule has 0 aliphatic carbocycles. The lowest BCUT2D eigenvalue weighted by molar-refractivity contribution is -0.152. The van der Waals surface area contributed by atoms with E-state index in [0.717, 1.165) is 17.0 Å². The van der Waals surface area contributed by atoms with Crippen molar-refractivity contribution in [1.82, 2.24) is 15.3 Å². The van der Waals surface area contributed by atoms with E-state index in [0.29, 0.717) is 10.2 Å². The zero-order chi connectivity index (χ0) is 19.1. The summed E-state index contributed by atoms with van der Waals surface area (Å²) in [6.45, 7) is 5.52. The molecule has 1 aromatic carbocycles. The van der Waals surface area contributed by atoms with Gasteiger partial charge in [0.05, 0.1) is 5.75 Å². The number of carbonyl (C=O) groups excluding carboxylic acids is 2. The third-order valence-corrected chi connectivity index (χ3v) is 4.56. The normalized spacial score (nSPS) is 11.7. The van der Waals surface area contributed by atoms with Crippen molar-refractivity contribution in [1.29, 1.82) is 0 Å². The van der Waals surface area contributed by atoms with Gasteiger partial charge < -0.3 is 10.1 Å². The number of nitrogens with zero attached hydrogens (tertiary/aromatic N) is 2. The van der Waals surface area contributed by atoms with Gasteiger partial charge in [-0.3, -0.25) is 9.59 Å². The Kier molecular flexibility index (Phi) is 7.41. The van der Waals surface area contributed by atoms with Gasteiger partial charge in [0.1, 0.15) is 0 Å². The van der Waals surface area contributed by atoms with Crippen LogP contribution in [0.15, 0.2) is 35.5 Å². The van der Waals surface area contributed by atoms with Crippen molar-refractivity contribution in [3.63, 3.8) is 0 Å². The Bertz CT molecular complexity index is 781. The highest BCUT2D eigenvalue weighted by Gasteiger charge is 2.18. The van der Waals surface area contributed by atoms with Crippen molar-refractivity contribution < 1.29 is 14.3 Å². The summed E-state index contributed by atoms with van der Waals surface area (Å²) >= 11 is 7.22. The number of halogens is 1. The summed E-state index contributed by atoms with van der Waals surface area (Å²) in [5.41, 5.74) is 2.46. The first-order valence-electron chi connectivity index (χ1n) is 8.01. The summed E-state index contributed by atoms with van der Waals surface area (Å²) in [6, 6.07) is 9.07. The standard InChI is InChI=1S/C18H20ClN3O3S/c1-11-8-12(2)22-18(21-11)26-10-16(23)25-13(3)17(24)20-9-14-6-4-5-7-15(14)19/h4-8,13H,9-10H2,1-3H3,(H,20,24). The van der Waals surface area contributed by atoms with E-state index in [-0.39, 0.29) is 18.2 Å². The highest BCUT2D eigenvalue weighted by Crippen LogP contribution is 2.15. The molecule has 0 spiro atoms. The minimum absolute atomic E-state index is 0.0328. The molecule has 0 bridgehead atoms. The topological polar surface area (TPSA) is 81.2 Å². The maximum Gasteiger partial charge on any atom is 0.317 e. The summed E-state index contributed by atoms with van der Waals surface area (Å²) in [5, 5.41) is 3.78. The Balaban J connectivity index is 1.78. The lowest BCUT2D eigenvalue weighted by atomic mass is 10.2. The molecule has 0 fully saturated rings. The molecule has 1 aromatic heterocycles. The molecular formula is C18H20ClN3O3S. The van der Waals surface area contributed by atoms with E-state index in [9.17, 15) is 9.59 Å². The largest absolute Gasteiger partial charge is 0.452 e. The average Bonchev–Trinajstić information content (AvgIpc) is 2.58. The first-order chi connectivity index (χ1) is 12.3. The van der Waals surface area contributed by atoms with Gasteiger partial charge in [-0.25, -0.2) is 9.97 Å². The number of ether oxygens (including phenoxy) is 1. The third kappa shape index (κ3) is 6.31. The molecule has 2 aromatic rings. The molecule has 0 saturated carbocycles. The first-order valence-corrected chi connectivity index (χ1v) is 9.37. The molecule has 1 atom stereocenters. The van der Waals surface area contributed by atoms with Gasteiger partial charge in [0.25, 0.3) is 5.91 Å². The van der Waals surface area contributed by atoms with Crippen molar-refractivity contribution in [2.75, 3.05) is 5.75 Å². The van der Waals surface area contributed by atoms with E-state index in [1.54, 1.807) is 6.07 Å². The maximum absolute atomic E-state index is 12.1. The fourth-order valence-corrected chi connectivity index (χ4v) is 3.07. The number of rotatable bonds is 7. The van der Waals surface area contributed by atoms with Gasteiger partial charge >= 0.3 is 5.97 Å². The molecule has 6 nitrogen and oxygen atoms in total. The van der Waals surface area contributed by atoms with E-state index >= 15 is 0 Å². The minimum atomic E-state index is -0.897. The van der Waals surface area contributed by atoms with Gasteiger partial charge in [-0.05, 0) is 38.5 Å². The number of benzene rings is 1. The van der Waals surface area contributed by atoms with E-state index in [1.165, 1.54) is 18.7 Å². The molecule has 2 rings (SSSR count). The molecule has 26 heavy (non-hydrogen) atoms. The smallest absolute Gasteiger partial charge is 0.317 e. The zero-order valence-corrected chi connectivity index (χ0v) is 16.4. The van der Waals surface area contributed by atoms with E-state index in [2.05, 4.69) is 15.3 Å². The second-order valence-electron chi connectivity index (χ2n) is 5.66. The van der Waals surface area contributed by atoms with Gasteiger partial charge in [-0.1, -0.05) is 41.6 Å². The van der Waals surface area contributed by atoms with Crippen LogP contribution in [0.25, 0.3) is 0 Å². The van der Waals surface area contributed by atoms with Crippen LogP contribution in [0, 0.1) is 13.8 Å². The van der Waals surface area contributed by atoms with Gasteiger partial charge in [-0.15, -0.1) is 0 Å². The maximum atomic E-state index is 12.1. The predicted molar refractivity (Wildman–Crippen MR) is 101 cm³/mol. The van der Waals surface area contributed by atoms with Crippen LogP contribution in [0.3, 0.4) is 0 Å². The number of hydrogen-bond acceptors (Lipinski definition) is 6. The Hall–Kier alpha value is -2.12.